The molecule has 0 aromatic heterocycles. The number of carbonyl (C=O) groups excluding carboxylic acids is 1. The largest absolute Gasteiger partial charge is 0.338 e. The van der Waals surface area contributed by atoms with Gasteiger partial charge in [0.05, 0.1) is 0 Å². The van der Waals surface area contributed by atoms with E-state index in [1.807, 2.05) is 43.9 Å². The Morgan fingerprint density at radius 2 is 1.88 bits per heavy atom. The zero-order valence-electron chi connectivity index (χ0n) is 10.1. The van der Waals surface area contributed by atoms with Crippen LogP contribution in [0.15, 0.2) is 18.2 Å². The van der Waals surface area contributed by atoms with Crippen LogP contribution >= 0.6 is 15.9 Å². The fourth-order valence-corrected chi connectivity index (χ4v) is 2.24. The number of alkyl halides is 1. The molecule has 0 atom stereocenters. The third-order valence-corrected chi connectivity index (χ3v) is 3.07. The minimum Gasteiger partial charge on any atom is -0.338 e. The first-order valence-electron chi connectivity index (χ1n) is 5.53. The standard InChI is InChI=1S/C13H18BrNO/c1-4-15(9-8-14)13(16)12-10(2)6-5-7-11(12)3/h5-7H,4,8-9H2,1-3H3. The molecule has 1 aromatic carbocycles. The second-order valence-electron chi connectivity index (χ2n) is 3.84. The van der Waals surface area contributed by atoms with Crippen LogP contribution < -0.4 is 0 Å². The van der Waals surface area contributed by atoms with Crippen LogP contribution in [0.2, 0.25) is 0 Å². The summed E-state index contributed by atoms with van der Waals surface area (Å²) in [6.07, 6.45) is 0. The molecular formula is C13H18BrNO. The highest BCUT2D eigenvalue weighted by Crippen LogP contribution is 2.15. The van der Waals surface area contributed by atoms with Crippen molar-refractivity contribution in [3.8, 4) is 0 Å². The number of carbonyl (C=O) groups is 1. The second-order valence-corrected chi connectivity index (χ2v) is 4.63. The van der Waals surface area contributed by atoms with E-state index in [1.165, 1.54) is 0 Å². The van der Waals surface area contributed by atoms with Crippen molar-refractivity contribution in [2.24, 2.45) is 0 Å². The van der Waals surface area contributed by atoms with Gasteiger partial charge < -0.3 is 4.90 Å². The molecule has 0 aliphatic heterocycles. The molecule has 1 rings (SSSR count). The summed E-state index contributed by atoms with van der Waals surface area (Å²) in [6, 6.07) is 5.96. The molecule has 1 aromatic rings. The van der Waals surface area contributed by atoms with Crippen molar-refractivity contribution in [3.05, 3.63) is 34.9 Å². The van der Waals surface area contributed by atoms with Gasteiger partial charge in [-0.1, -0.05) is 34.1 Å². The molecule has 0 bridgehead atoms. The monoisotopic (exact) mass is 283 g/mol. The van der Waals surface area contributed by atoms with Crippen LogP contribution in [0.3, 0.4) is 0 Å². The molecule has 0 saturated carbocycles. The maximum Gasteiger partial charge on any atom is 0.254 e. The Hall–Kier alpha value is -0.830. The van der Waals surface area contributed by atoms with Crippen molar-refractivity contribution in [2.75, 3.05) is 18.4 Å². The Morgan fingerprint density at radius 1 is 1.31 bits per heavy atom. The van der Waals surface area contributed by atoms with Crippen LogP contribution in [0.5, 0.6) is 0 Å². The van der Waals surface area contributed by atoms with Gasteiger partial charge in [0.15, 0.2) is 0 Å². The van der Waals surface area contributed by atoms with Gasteiger partial charge in [0.25, 0.3) is 5.91 Å². The molecule has 0 spiro atoms. The highest BCUT2D eigenvalue weighted by Gasteiger charge is 2.17. The number of hydrogen-bond donors (Lipinski definition) is 0. The number of aryl methyl sites for hydroxylation is 2. The number of rotatable bonds is 4. The Labute approximate surface area is 106 Å². The van der Waals surface area contributed by atoms with Crippen LogP contribution in [0, 0.1) is 13.8 Å². The van der Waals surface area contributed by atoms with Gasteiger partial charge in [-0.3, -0.25) is 4.79 Å². The summed E-state index contributed by atoms with van der Waals surface area (Å²) in [7, 11) is 0. The minimum absolute atomic E-state index is 0.137. The summed E-state index contributed by atoms with van der Waals surface area (Å²) in [4.78, 5) is 14.2. The first kappa shape index (κ1) is 13.2. The smallest absolute Gasteiger partial charge is 0.254 e. The SMILES string of the molecule is CCN(CCBr)C(=O)c1c(C)cccc1C. The predicted octanol–water partition coefficient (Wildman–Crippen LogP) is 3.16. The quantitative estimate of drug-likeness (QED) is 0.778. The van der Waals surface area contributed by atoms with Crippen molar-refractivity contribution in [1.82, 2.24) is 4.90 Å². The van der Waals surface area contributed by atoms with E-state index in [0.29, 0.717) is 0 Å². The molecule has 0 radical (unpaired) electrons. The third kappa shape index (κ3) is 2.85. The van der Waals surface area contributed by atoms with Crippen LogP contribution in [0.25, 0.3) is 0 Å². The van der Waals surface area contributed by atoms with Crippen LogP contribution in [-0.4, -0.2) is 29.2 Å². The summed E-state index contributed by atoms with van der Waals surface area (Å²) in [5, 5.41) is 0.817. The lowest BCUT2D eigenvalue weighted by Gasteiger charge is -2.21. The molecule has 0 unspecified atom stereocenters. The molecule has 0 N–H and O–H groups in total. The van der Waals surface area contributed by atoms with E-state index in [9.17, 15) is 4.79 Å². The summed E-state index contributed by atoms with van der Waals surface area (Å²) in [5.41, 5.74) is 2.96. The summed E-state index contributed by atoms with van der Waals surface area (Å²) in [6.45, 7) is 7.49. The Kier molecular flexibility index (Phi) is 5.00. The highest BCUT2D eigenvalue weighted by molar-refractivity contribution is 9.09. The van der Waals surface area contributed by atoms with E-state index in [0.717, 1.165) is 35.1 Å². The molecular weight excluding hydrogens is 266 g/mol. The number of amides is 1. The second kappa shape index (κ2) is 6.04. The van der Waals surface area contributed by atoms with E-state index >= 15 is 0 Å². The molecule has 0 aliphatic carbocycles. The molecule has 0 aliphatic rings. The maximum atomic E-state index is 12.3. The molecule has 1 amide bonds. The maximum absolute atomic E-state index is 12.3. The van der Waals surface area contributed by atoms with Gasteiger partial charge in [0, 0.05) is 24.0 Å². The lowest BCUT2D eigenvalue weighted by molar-refractivity contribution is 0.0773. The zero-order chi connectivity index (χ0) is 12.1. The first-order valence-corrected chi connectivity index (χ1v) is 6.65. The van der Waals surface area contributed by atoms with E-state index in [-0.39, 0.29) is 5.91 Å². The van der Waals surface area contributed by atoms with Gasteiger partial charge in [-0.05, 0) is 31.9 Å². The average molecular weight is 284 g/mol. The Morgan fingerprint density at radius 3 is 2.31 bits per heavy atom. The molecule has 3 heteroatoms. The summed E-state index contributed by atoms with van der Waals surface area (Å²) < 4.78 is 0. The van der Waals surface area contributed by atoms with E-state index in [1.54, 1.807) is 0 Å². The van der Waals surface area contributed by atoms with Gasteiger partial charge in [-0.15, -0.1) is 0 Å². The predicted molar refractivity (Wildman–Crippen MR) is 71.3 cm³/mol. The van der Waals surface area contributed by atoms with Crippen molar-refractivity contribution in [1.29, 1.82) is 0 Å². The van der Waals surface area contributed by atoms with E-state index in [4.69, 9.17) is 0 Å². The number of nitrogens with zero attached hydrogens (tertiary/aromatic N) is 1. The Bertz CT molecular complexity index is 356. The molecule has 0 fully saturated rings. The van der Waals surface area contributed by atoms with Crippen LogP contribution in [-0.2, 0) is 0 Å². The van der Waals surface area contributed by atoms with E-state index in [2.05, 4.69) is 15.9 Å². The number of benzene rings is 1. The third-order valence-electron chi connectivity index (χ3n) is 2.72. The number of halogens is 1. The lowest BCUT2D eigenvalue weighted by atomic mass is 10.0. The van der Waals surface area contributed by atoms with E-state index < -0.39 is 0 Å². The van der Waals surface area contributed by atoms with Crippen molar-refractivity contribution in [3.63, 3.8) is 0 Å². The van der Waals surface area contributed by atoms with Crippen LogP contribution in [0.1, 0.15) is 28.4 Å². The first-order chi connectivity index (χ1) is 7.61. The lowest BCUT2D eigenvalue weighted by Crippen LogP contribution is -2.33. The molecule has 0 saturated heterocycles. The van der Waals surface area contributed by atoms with Gasteiger partial charge in [0.1, 0.15) is 0 Å². The normalized spacial score (nSPS) is 10.2. The van der Waals surface area contributed by atoms with Crippen molar-refractivity contribution < 1.29 is 4.79 Å². The van der Waals surface area contributed by atoms with Gasteiger partial charge in [-0.2, -0.15) is 0 Å². The topological polar surface area (TPSA) is 20.3 Å². The minimum atomic E-state index is 0.137. The fourth-order valence-electron chi connectivity index (χ4n) is 1.82. The van der Waals surface area contributed by atoms with Gasteiger partial charge in [0.2, 0.25) is 0 Å². The van der Waals surface area contributed by atoms with Gasteiger partial charge >= 0.3 is 0 Å². The summed E-state index contributed by atoms with van der Waals surface area (Å²) in [5.74, 6) is 0.137. The van der Waals surface area contributed by atoms with Crippen LogP contribution in [0.4, 0.5) is 0 Å². The average Bonchev–Trinajstić information content (AvgIpc) is 2.25. The summed E-state index contributed by atoms with van der Waals surface area (Å²) >= 11 is 3.37. The van der Waals surface area contributed by atoms with Crippen molar-refractivity contribution in [2.45, 2.75) is 20.8 Å². The molecule has 0 heterocycles. The fraction of sp³-hybridized carbons (Fsp3) is 0.462. The van der Waals surface area contributed by atoms with Gasteiger partial charge in [-0.25, -0.2) is 0 Å². The number of hydrogen-bond acceptors (Lipinski definition) is 1. The Balaban J connectivity index is 3.03. The molecule has 2 nitrogen and oxygen atoms in total. The zero-order valence-corrected chi connectivity index (χ0v) is 11.7. The molecule has 88 valence electrons. The highest BCUT2D eigenvalue weighted by atomic mass is 79.9. The molecule has 16 heavy (non-hydrogen) atoms. The van der Waals surface area contributed by atoms with Crippen molar-refractivity contribution >= 4 is 21.8 Å².